The molecule has 0 aliphatic rings. The summed E-state index contributed by atoms with van der Waals surface area (Å²) in [4.78, 5) is 11.2. The maximum absolute atomic E-state index is 11.2. The van der Waals surface area contributed by atoms with Crippen molar-refractivity contribution in [3.8, 4) is 0 Å². The van der Waals surface area contributed by atoms with Gasteiger partial charge in [-0.05, 0) is 38.5 Å². The van der Waals surface area contributed by atoms with Crippen LogP contribution in [0.3, 0.4) is 0 Å². The van der Waals surface area contributed by atoms with Gasteiger partial charge in [-0.15, -0.1) is 0 Å². The maximum atomic E-state index is 11.2. The zero-order valence-electron chi connectivity index (χ0n) is 10.8. The van der Waals surface area contributed by atoms with Crippen LogP contribution in [0.15, 0.2) is 36.4 Å². The fourth-order valence-electron chi connectivity index (χ4n) is 0.991. The monoisotopic (exact) mass is 235 g/mol. The highest BCUT2D eigenvalue weighted by atomic mass is 16.5. The number of carbonyl (C=O) groups excluding carboxylic acids is 1. The average Bonchev–Trinajstić information content (AvgIpc) is 2.39. The summed E-state index contributed by atoms with van der Waals surface area (Å²) in [7, 11) is 0. The number of esters is 1. The minimum atomic E-state index is -0.286. The summed E-state index contributed by atoms with van der Waals surface area (Å²) in [6.07, 6.45) is 4.00. The van der Waals surface area contributed by atoms with Gasteiger partial charge in [-0.25, -0.2) is 4.79 Å². The van der Waals surface area contributed by atoms with Crippen molar-refractivity contribution in [2.45, 2.75) is 27.3 Å². The lowest BCUT2D eigenvalue weighted by molar-refractivity contribution is 0.0526. The van der Waals surface area contributed by atoms with Crippen molar-refractivity contribution in [1.29, 1.82) is 0 Å². The number of ether oxygens (including phenoxy) is 1. The molecule has 0 unspecified atom stereocenters. The summed E-state index contributed by atoms with van der Waals surface area (Å²) in [6.45, 7) is 6.67. The largest absolute Gasteiger partial charge is 0.462 e. The Morgan fingerprint density at radius 2 is 1.76 bits per heavy atom. The van der Waals surface area contributed by atoms with E-state index < -0.39 is 0 Å². The van der Waals surface area contributed by atoms with E-state index in [1.54, 1.807) is 19.1 Å². The first-order valence-corrected chi connectivity index (χ1v) is 5.73. The van der Waals surface area contributed by atoms with Crippen molar-refractivity contribution in [3.05, 3.63) is 47.5 Å². The quantitative estimate of drug-likeness (QED) is 0.647. The van der Waals surface area contributed by atoms with Crippen LogP contribution in [-0.2, 0) is 11.3 Å². The van der Waals surface area contributed by atoms with E-state index in [0.717, 1.165) is 5.56 Å². The number of hydrogen-bond acceptors (Lipinski definition) is 3. The summed E-state index contributed by atoms with van der Waals surface area (Å²) in [6, 6.07) is 7.10. The molecule has 3 nitrogen and oxygen atoms in total. The number of benzene rings is 1. The Morgan fingerprint density at radius 1 is 1.24 bits per heavy atom. The molecule has 3 heteroatoms. The van der Waals surface area contributed by atoms with Gasteiger partial charge in [-0.1, -0.05) is 24.3 Å². The molecule has 2 N–H and O–H groups in total. The summed E-state index contributed by atoms with van der Waals surface area (Å²) >= 11 is 0. The van der Waals surface area contributed by atoms with Crippen molar-refractivity contribution in [1.82, 2.24) is 0 Å². The summed E-state index contributed by atoms with van der Waals surface area (Å²) < 4.78 is 4.83. The first kappa shape index (κ1) is 15.4. The van der Waals surface area contributed by atoms with Crippen LogP contribution >= 0.6 is 0 Å². The highest BCUT2D eigenvalue weighted by Crippen LogP contribution is 2.05. The van der Waals surface area contributed by atoms with Crippen LogP contribution in [0.2, 0.25) is 0 Å². The van der Waals surface area contributed by atoms with Gasteiger partial charge in [0.05, 0.1) is 12.2 Å². The first-order chi connectivity index (χ1) is 8.19. The van der Waals surface area contributed by atoms with Crippen LogP contribution in [0.1, 0.15) is 36.7 Å². The minimum absolute atomic E-state index is 0.286. The molecule has 0 aliphatic heterocycles. The molecular weight excluding hydrogens is 214 g/mol. The van der Waals surface area contributed by atoms with Crippen LogP contribution in [0.4, 0.5) is 0 Å². The average molecular weight is 235 g/mol. The van der Waals surface area contributed by atoms with Gasteiger partial charge in [-0.2, -0.15) is 0 Å². The summed E-state index contributed by atoms with van der Waals surface area (Å²) in [5, 5.41) is 0. The predicted octanol–water partition coefficient (Wildman–Crippen LogP) is 2.90. The van der Waals surface area contributed by atoms with E-state index in [1.165, 1.54) is 0 Å². The lowest BCUT2D eigenvalue weighted by Gasteiger charge is -2.01. The molecule has 0 heterocycles. The zero-order valence-corrected chi connectivity index (χ0v) is 10.8. The molecule has 94 valence electrons. The van der Waals surface area contributed by atoms with Gasteiger partial charge in [-0.3, -0.25) is 0 Å². The van der Waals surface area contributed by atoms with Crippen LogP contribution in [-0.4, -0.2) is 12.6 Å². The van der Waals surface area contributed by atoms with Gasteiger partial charge >= 0.3 is 5.97 Å². The summed E-state index contributed by atoms with van der Waals surface area (Å²) in [5.74, 6) is -0.286. The molecule has 1 rings (SSSR count). The highest BCUT2D eigenvalue weighted by molar-refractivity contribution is 5.89. The van der Waals surface area contributed by atoms with Crippen LogP contribution in [0.5, 0.6) is 0 Å². The van der Waals surface area contributed by atoms with Gasteiger partial charge in [0, 0.05) is 6.54 Å². The molecular formula is C14H21NO2. The minimum Gasteiger partial charge on any atom is -0.462 e. The molecule has 0 aliphatic carbocycles. The standard InChI is InChI=1S/C10H13NO2.C4H8/c1-2-13-10(12)9-5-3-8(7-11)4-6-9;1-3-4-2/h3-6H,2,7,11H2,1H3;3-4H,1-2H3/b;4-3-. The molecule has 0 saturated heterocycles. The molecule has 0 amide bonds. The number of nitrogens with two attached hydrogens (primary N) is 1. The first-order valence-electron chi connectivity index (χ1n) is 5.73. The maximum Gasteiger partial charge on any atom is 0.338 e. The Labute approximate surface area is 103 Å². The van der Waals surface area contributed by atoms with E-state index in [0.29, 0.717) is 18.7 Å². The summed E-state index contributed by atoms with van der Waals surface area (Å²) in [5.41, 5.74) is 6.99. The van der Waals surface area contributed by atoms with Gasteiger partial charge in [0.2, 0.25) is 0 Å². The normalized spacial score (nSPS) is 9.65. The Kier molecular flexibility index (Phi) is 8.69. The van der Waals surface area contributed by atoms with E-state index >= 15 is 0 Å². The fraction of sp³-hybridized carbons (Fsp3) is 0.357. The number of hydrogen-bond donors (Lipinski definition) is 1. The molecule has 0 saturated carbocycles. The lowest BCUT2D eigenvalue weighted by Crippen LogP contribution is -2.05. The van der Waals surface area contributed by atoms with Crippen molar-refractivity contribution in [2.75, 3.05) is 6.61 Å². The van der Waals surface area contributed by atoms with Crippen molar-refractivity contribution >= 4 is 5.97 Å². The second-order valence-electron chi connectivity index (χ2n) is 3.29. The molecule has 0 aromatic heterocycles. The Bertz CT molecular complexity index is 338. The fourth-order valence-corrected chi connectivity index (χ4v) is 0.991. The Hall–Kier alpha value is -1.61. The molecule has 0 spiro atoms. The third-order valence-corrected chi connectivity index (χ3v) is 2.03. The molecule has 0 fully saturated rings. The van der Waals surface area contributed by atoms with Crippen molar-refractivity contribution < 1.29 is 9.53 Å². The number of allylic oxidation sites excluding steroid dienone is 2. The topological polar surface area (TPSA) is 52.3 Å². The zero-order chi connectivity index (χ0) is 13.1. The SMILES string of the molecule is C/C=C\C.CCOC(=O)c1ccc(CN)cc1. The second kappa shape index (κ2) is 9.60. The third kappa shape index (κ3) is 6.53. The smallest absolute Gasteiger partial charge is 0.338 e. The van der Waals surface area contributed by atoms with Crippen LogP contribution in [0, 0.1) is 0 Å². The van der Waals surface area contributed by atoms with Gasteiger partial charge in [0.1, 0.15) is 0 Å². The van der Waals surface area contributed by atoms with Crippen LogP contribution < -0.4 is 5.73 Å². The van der Waals surface area contributed by atoms with Crippen molar-refractivity contribution in [2.24, 2.45) is 5.73 Å². The third-order valence-electron chi connectivity index (χ3n) is 2.03. The van der Waals surface area contributed by atoms with Gasteiger partial charge < -0.3 is 10.5 Å². The van der Waals surface area contributed by atoms with Crippen LogP contribution in [0.25, 0.3) is 0 Å². The predicted molar refractivity (Wildman–Crippen MR) is 70.8 cm³/mol. The van der Waals surface area contributed by atoms with Gasteiger partial charge in [0.15, 0.2) is 0 Å². The highest BCUT2D eigenvalue weighted by Gasteiger charge is 2.04. The molecule has 1 aromatic carbocycles. The Morgan fingerprint density at radius 3 is 2.12 bits per heavy atom. The van der Waals surface area contributed by atoms with Crippen molar-refractivity contribution in [3.63, 3.8) is 0 Å². The molecule has 17 heavy (non-hydrogen) atoms. The molecule has 0 radical (unpaired) electrons. The number of rotatable bonds is 3. The van der Waals surface area contributed by atoms with Gasteiger partial charge in [0.25, 0.3) is 0 Å². The van der Waals surface area contributed by atoms with E-state index in [9.17, 15) is 4.79 Å². The second-order valence-corrected chi connectivity index (χ2v) is 3.29. The van der Waals surface area contributed by atoms with E-state index in [-0.39, 0.29) is 5.97 Å². The molecule has 0 bridgehead atoms. The molecule has 1 aromatic rings. The van der Waals surface area contributed by atoms with E-state index in [4.69, 9.17) is 10.5 Å². The van der Waals surface area contributed by atoms with E-state index in [2.05, 4.69) is 0 Å². The lowest BCUT2D eigenvalue weighted by atomic mass is 10.1. The van der Waals surface area contributed by atoms with E-state index in [1.807, 2.05) is 38.1 Å². The Balaban J connectivity index is 0.000000557. The number of carbonyl (C=O) groups is 1. The molecule has 0 atom stereocenters.